The van der Waals surface area contributed by atoms with Crippen LogP contribution in [0.3, 0.4) is 0 Å². The van der Waals surface area contributed by atoms with Crippen molar-refractivity contribution in [3.63, 3.8) is 0 Å². The summed E-state index contributed by atoms with van der Waals surface area (Å²) in [6, 6.07) is 8.90. The normalized spacial score (nSPS) is 18.2. The Bertz CT molecular complexity index is 913. The van der Waals surface area contributed by atoms with E-state index in [0.717, 1.165) is 12.8 Å². The highest BCUT2D eigenvalue weighted by atomic mass is 32.2. The summed E-state index contributed by atoms with van der Waals surface area (Å²) >= 11 is 7.49. The minimum absolute atomic E-state index is 0.0914. The van der Waals surface area contributed by atoms with Crippen LogP contribution >= 0.6 is 45.8 Å². The maximum Gasteiger partial charge on any atom is 0.0535 e. The molecule has 0 radical (unpaired) electrons. The van der Waals surface area contributed by atoms with Gasteiger partial charge in [-0.1, -0.05) is 24.3 Å². The van der Waals surface area contributed by atoms with Gasteiger partial charge in [-0.3, -0.25) is 0 Å². The molecule has 0 saturated heterocycles. The first kappa shape index (κ1) is 18.1. The highest BCUT2D eigenvalue weighted by molar-refractivity contribution is 8.02. The van der Waals surface area contributed by atoms with Crippen molar-refractivity contribution in [2.45, 2.75) is 18.1 Å². The number of thioether (sulfide) groups is 1. The summed E-state index contributed by atoms with van der Waals surface area (Å²) < 4.78 is 0. The third-order valence-corrected chi connectivity index (χ3v) is 9.07. The molecule has 1 unspecified atom stereocenters. The fourth-order valence-electron chi connectivity index (χ4n) is 3.63. The second kappa shape index (κ2) is 7.73. The molecule has 4 heteroatoms. The standard InChI is InChI=1S/C22H20S4/c1-3-9-22(10-4-2)11-15-26-21(22)20-17(8-14-25-20)19-16(7-13-24-19)18-6-5-12-23-18/h3-8,11-15,21H,1-2,9-10H2. The van der Waals surface area contributed by atoms with E-state index >= 15 is 0 Å². The monoisotopic (exact) mass is 412 g/mol. The first-order chi connectivity index (χ1) is 12.8. The summed E-state index contributed by atoms with van der Waals surface area (Å²) in [6.07, 6.45) is 8.45. The lowest BCUT2D eigenvalue weighted by Gasteiger charge is -2.32. The van der Waals surface area contributed by atoms with Gasteiger partial charge in [0.2, 0.25) is 0 Å². The van der Waals surface area contributed by atoms with Crippen LogP contribution in [0.15, 0.2) is 77.2 Å². The molecule has 0 aliphatic carbocycles. The molecule has 4 heterocycles. The lowest BCUT2D eigenvalue weighted by Crippen LogP contribution is -2.21. The van der Waals surface area contributed by atoms with Gasteiger partial charge in [-0.15, -0.1) is 58.9 Å². The van der Waals surface area contributed by atoms with Gasteiger partial charge in [-0.05, 0) is 52.6 Å². The lowest BCUT2D eigenvalue weighted by molar-refractivity contribution is 0.391. The molecule has 0 nitrogen and oxygen atoms in total. The Morgan fingerprint density at radius 2 is 1.69 bits per heavy atom. The predicted molar refractivity (Wildman–Crippen MR) is 122 cm³/mol. The third kappa shape index (κ3) is 3.09. The van der Waals surface area contributed by atoms with Crippen LogP contribution in [0.25, 0.3) is 20.9 Å². The molecule has 1 atom stereocenters. The van der Waals surface area contributed by atoms with E-state index in [1.807, 2.05) is 45.8 Å². The summed E-state index contributed by atoms with van der Waals surface area (Å²) in [5.41, 5.74) is 2.85. The summed E-state index contributed by atoms with van der Waals surface area (Å²) in [6.45, 7) is 8.03. The Morgan fingerprint density at radius 1 is 0.923 bits per heavy atom. The molecule has 0 saturated carbocycles. The van der Waals surface area contributed by atoms with Crippen molar-refractivity contribution in [3.8, 4) is 20.9 Å². The zero-order chi connectivity index (χ0) is 18.0. The molecule has 0 amide bonds. The molecular formula is C22H20S4. The second-order valence-corrected chi connectivity index (χ2v) is 10.2. The van der Waals surface area contributed by atoms with Gasteiger partial charge in [0.25, 0.3) is 0 Å². The number of allylic oxidation sites excluding steroid dienone is 3. The fourth-order valence-corrected chi connectivity index (χ4v) is 8.10. The van der Waals surface area contributed by atoms with Crippen LogP contribution in [0.1, 0.15) is 23.0 Å². The Hall–Kier alpha value is -1.33. The zero-order valence-electron chi connectivity index (χ0n) is 14.4. The van der Waals surface area contributed by atoms with E-state index in [9.17, 15) is 0 Å². The SMILES string of the molecule is C=CCC1(CC=C)C=CSC1c1sccc1-c1sccc1-c1cccs1. The van der Waals surface area contributed by atoms with Gasteiger partial charge in [0.05, 0.1) is 5.25 Å². The average Bonchev–Trinajstić information content (AvgIpc) is 3.41. The van der Waals surface area contributed by atoms with Gasteiger partial charge < -0.3 is 0 Å². The maximum absolute atomic E-state index is 4.02. The minimum atomic E-state index is 0.0914. The quantitative estimate of drug-likeness (QED) is 0.350. The van der Waals surface area contributed by atoms with Crippen LogP contribution in [0.2, 0.25) is 0 Å². The van der Waals surface area contributed by atoms with Crippen LogP contribution in [0.4, 0.5) is 0 Å². The van der Waals surface area contributed by atoms with Crippen molar-refractivity contribution in [2.75, 3.05) is 0 Å². The van der Waals surface area contributed by atoms with Crippen molar-refractivity contribution in [2.24, 2.45) is 5.41 Å². The highest BCUT2D eigenvalue weighted by Gasteiger charge is 2.41. The van der Waals surface area contributed by atoms with E-state index in [1.165, 1.54) is 25.8 Å². The molecule has 0 fully saturated rings. The van der Waals surface area contributed by atoms with Crippen LogP contribution in [0, 0.1) is 5.41 Å². The van der Waals surface area contributed by atoms with Gasteiger partial charge in [0, 0.05) is 31.2 Å². The van der Waals surface area contributed by atoms with Crippen LogP contribution in [-0.4, -0.2) is 0 Å². The molecule has 3 aromatic heterocycles. The summed E-state index contributed by atoms with van der Waals surface area (Å²) in [7, 11) is 0. The molecule has 132 valence electrons. The van der Waals surface area contributed by atoms with Crippen molar-refractivity contribution < 1.29 is 0 Å². The molecule has 0 bridgehead atoms. The average molecular weight is 413 g/mol. The molecule has 3 aromatic rings. The van der Waals surface area contributed by atoms with Crippen molar-refractivity contribution in [3.05, 3.63) is 82.1 Å². The first-order valence-corrected chi connectivity index (χ1v) is 12.1. The summed E-state index contributed by atoms with van der Waals surface area (Å²) in [4.78, 5) is 4.21. The van der Waals surface area contributed by atoms with E-state index in [4.69, 9.17) is 0 Å². The van der Waals surface area contributed by atoms with Gasteiger partial charge >= 0.3 is 0 Å². The topological polar surface area (TPSA) is 0 Å². The van der Waals surface area contributed by atoms with E-state index in [-0.39, 0.29) is 5.41 Å². The van der Waals surface area contributed by atoms with E-state index < -0.39 is 0 Å². The van der Waals surface area contributed by atoms with Crippen LogP contribution in [0.5, 0.6) is 0 Å². The number of rotatable bonds is 7. The van der Waals surface area contributed by atoms with Gasteiger partial charge in [-0.25, -0.2) is 0 Å². The van der Waals surface area contributed by atoms with Gasteiger partial charge in [0.15, 0.2) is 0 Å². The van der Waals surface area contributed by atoms with Gasteiger partial charge in [-0.2, -0.15) is 0 Å². The fraction of sp³-hybridized carbons (Fsp3) is 0.182. The zero-order valence-corrected chi connectivity index (χ0v) is 17.7. The Balaban J connectivity index is 1.78. The molecule has 1 aliphatic rings. The second-order valence-electron chi connectivity index (χ2n) is 6.38. The third-order valence-electron chi connectivity index (χ3n) is 4.82. The van der Waals surface area contributed by atoms with Crippen molar-refractivity contribution in [1.29, 1.82) is 0 Å². The molecular weight excluding hydrogens is 393 g/mol. The Morgan fingerprint density at radius 3 is 2.42 bits per heavy atom. The highest BCUT2D eigenvalue weighted by Crippen LogP contribution is 2.59. The molecule has 0 spiro atoms. The molecule has 26 heavy (non-hydrogen) atoms. The van der Waals surface area contributed by atoms with Crippen molar-refractivity contribution >= 4 is 45.8 Å². The largest absolute Gasteiger partial charge is 0.147 e. The molecule has 0 N–H and O–H groups in total. The van der Waals surface area contributed by atoms with E-state index in [0.29, 0.717) is 5.25 Å². The Labute approximate surface area is 171 Å². The minimum Gasteiger partial charge on any atom is -0.147 e. The number of thiophene rings is 3. The number of hydrogen-bond acceptors (Lipinski definition) is 4. The lowest BCUT2D eigenvalue weighted by atomic mass is 9.77. The predicted octanol–water partition coefficient (Wildman–Crippen LogP) is 8.65. The molecule has 4 rings (SSSR count). The van der Waals surface area contributed by atoms with Crippen LogP contribution in [-0.2, 0) is 0 Å². The van der Waals surface area contributed by atoms with Crippen molar-refractivity contribution in [1.82, 2.24) is 0 Å². The summed E-state index contributed by atoms with van der Waals surface area (Å²) in [5, 5.41) is 9.31. The molecule has 0 aromatic carbocycles. The summed E-state index contributed by atoms with van der Waals surface area (Å²) in [5.74, 6) is 0. The first-order valence-electron chi connectivity index (χ1n) is 8.53. The van der Waals surface area contributed by atoms with Gasteiger partial charge in [0.1, 0.15) is 0 Å². The van der Waals surface area contributed by atoms with E-state index in [2.05, 4.69) is 77.2 Å². The smallest absolute Gasteiger partial charge is 0.0535 e. The molecule has 1 aliphatic heterocycles. The maximum atomic E-state index is 4.02. The Kier molecular flexibility index (Phi) is 5.37. The van der Waals surface area contributed by atoms with E-state index in [1.54, 1.807) is 0 Å². The van der Waals surface area contributed by atoms with Crippen LogP contribution < -0.4 is 0 Å². The number of hydrogen-bond donors (Lipinski definition) is 0.